The second-order valence-electron chi connectivity index (χ2n) is 9.00. The molecule has 1 amide bonds. The molecule has 2 aromatic carbocycles. The van der Waals surface area contributed by atoms with Crippen LogP contribution in [0.3, 0.4) is 0 Å². The molecule has 2 heterocycles. The summed E-state index contributed by atoms with van der Waals surface area (Å²) in [5, 5.41) is 0. The van der Waals surface area contributed by atoms with Crippen molar-refractivity contribution in [3.63, 3.8) is 0 Å². The van der Waals surface area contributed by atoms with Crippen molar-refractivity contribution in [2.75, 3.05) is 26.2 Å². The van der Waals surface area contributed by atoms with E-state index in [1.54, 1.807) is 0 Å². The maximum Gasteiger partial charge on any atom is 0.225 e. The Hall–Kier alpha value is -2.33. The van der Waals surface area contributed by atoms with Crippen molar-refractivity contribution in [2.24, 2.45) is 11.8 Å². The minimum Gasteiger partial charge on any atom is -0.489 e. The number of hydrogen-bond donors (Lipinski definition) is 0. The normalized spacial score (nSPS) is 20.8. The molecule has 160 valence electrons. The molecule has 2 aliphatic heterocycles. The van der Waals surface area contributed by atoms with E-state index in [9.17, 15) is 4.79 Å². The Morgan fingerprint density at radius 3 is 2.50 bits per heavy atom. The number of benzene rings is 2. The second-order valence-corrected chi connectivity index (χ2v) is 9.00. The van der Waals surface area contributed by atoms with Gasteiger partial charge < -0.3 is 9.64 Å². The molecule has 0 bridgehead atoms. The van der Waals surface area contributed by atoms with Crippen molar-refractivity contribution in [2.45, 2.75) is 45.8 Å². The van der Waals surface area contributed by atoms with Crippen LogP contribution in [0.1, 0.15) is 43.7 Å². The lowest BCUT2D eigenvalue weighted by atomic mass is 9.92. The van der Waals surface area contributed by atoms with Crippen LogP contribution >= 0.6 is 0 Å². The predicted molar refractivity (Wildman–Crippen MR) is 120 cm³/mol. The van der Waals surface area contributed by atoms with Gasteiger partial charge in [-0.1, -0.05) is 49.4 Å². The number of carbonyl (C=O) groups excluding carboxylic acids is 1. The third-order valence-corrected chi connectivity index (χ3v) is 6.46. The number of nitrogens with zero attached hydrogens (tertiary/aromatic N) is 2. The first-order valence-electron chi connectivity index (χ1n) is 11.4. The van der Waals surface area contributed by atoms with E-state index in [1.807, 2.05) is 24.3 Å². The van der Waals surface area contributed by atoms with E-state index >= 15 is 0 Å². The van der Waals surface area contributed by atoms with Crippen LogP contribution in [0, 0.1) is 11.8 Å². The predicted octanol–water partition coefficient (Wildman–Crippen LogP) is 4.74. The van der Waals surface area contributed by atoms with Gasteiger partial charge in [0.15, 0.2) is 0 Å². The summed E-state index contributed by atoms with van der Waals surface area (Å²) in [5.41, 5.74) is 2.45. The van der Waals surface area contributed by atoms with Crippen LogP contribution < -0.4 is 4.74 Å². The van der Waals surface area contributed by atoms with Crippen molar-refractivity contribution in [3.05, 3.63) is 65.7 Å². The molecule has 2 fully saturated rings. The Morgan fingerprint density at radius 1 is 0.967 bits per heavy atom. The van der Waals surface area contributed by atoms with E-state index in [1.165, 1.54) is 17.5 Å². The molecule has 1 atom stereocenters. The van der Waals surface area contributed by atoms with E-state index in [4.69, 9.17) is 4.74 Å². The van der Waals surface area contributed by atoms with Gasteiger partial charge in [-0.3, -0.25) is 9.69 Å². The summed E-state index contributed by atoms with van der Waals surface area (Å²) >= 11 is 0. The van der Waals surface area contributed by atoms with Gasteiger partial charge in [0.25, 0.3) is 0 Å². The zero-order chi connectivity index (χ0) is 20.8. The lowest BCUT2D eigenvalue weighted by Crippen LogP contribution is -2.45. The highest BCUT2D eigenvalue weighted by Crippen LogP contribution is 2.25. The highest BCUT2D eigenvalue weighted by molar-refractivity contribution is 5.79. The highest BCUT2D eigenvalue weighted by Gasteiger charge is 2.30. The molecule has 0 aromatic heterocycles. The fourth-order valence-electron chi connectivity index (χ4n) is 4.72. The van der Waals surface area contributed by atoms with Crippen LogP contribution in [0.15, 0.2) is 54.6 Å². The number of ether oxygens (including phenoxy) is 1. The van der Waals surface area contributed by atoms with Crippen LogP contribution in [0.2, 0.25) is 0 Å². The minimum atomic E-state index is 0.215. The maximum absolute atomic E-state index is 12.9. The van der Waals surface area contributed by atoms with E-state index in [0.29, 0.717) is 18.4 Å². The van der Waals surface area contributed by atoms with Crippen LogP contribution in [0.25, 0.3) is 0 Å². The summed E-state index contributed by atoms with van der Waals surface area (Å²) in [6.07, 6.45) is 4.38. The number of carbonyl (C=O) groups is 1. The molecular formula is C26H34N2O2. The van der Waals surface area contributed by atoms with Crippen LogP contribution in [-0.4, -0.2) is 41.9 Å². The van der Waals surface area contributed by atoms with Gasteiger partial charge in [-0.25, -0.2) is 0 Å². The largest absolute Gasteiger partial charge is 0.489 e. The molecule has 2 aliphatic rings. The molecule has 2 saturated heterocycles. The van der Waals surface area contributed by atoms with Crippen LogP contribution in [-0.2, 0) is 17.9 Å². The lowest BCUT2D eigenvalue weighted by Gasteiger charge is -2.37. The SMILES string of the molecule is C[C@H]1CCCN(C(=O)C2CCN(Cc3cccc(OCc4ccccc4)c3)CC2)C1. The monoisotopic (exact) mass is 406 g/mol. The molecule has 2 aromatic rings. The molecule has 0 saturated carbocycles. The summed E-state index contributed by atoms with van der Waals surface area (Å²) < 4.78 is 5.98. The van der Waals surface area contributed by atoms with Gasteiger partial charge in [-0.2, -0.15) is 0 Å². The Balaban J connectivity index is 1.25. The molecule has 0 radical (unpaired) electrons. The van der Waals surface area contributed by atoms with Crippen molar-refractivity contribution >= 4 is 5.91 Å². The van der Waals surface area contributed by atoms with E-state index in [0.717, 1.165) is 57.7 Å². The smallest absolute Gasteiger partial charge is 0.225 e. The fourth-order valence-corrected chi connectivity index (χ4v) is 4.72. The number of piperidine rings is 2. The Bertz CT molecular complexity index is 815. The van der Waals surface area contributed by atoms with Crippen molar-refractivity contribution in [1.29, 1.82) is 0 Å². The van der Waals surface area contributed by atoms with Crippen LogP contribution in [0.5, 0.6) is 5.75 Å². The third-order valence-electron chi connectivity index (χ3n) is 6.46. The van der Waals surface area contributed by atoms with E-state index in [2.05, 4.69) is 47.1 Å². The van der Waals surface area contributed by atoms with Gasteiger partial charge >= 0.3 is 0 Å². The lowest BCUT2D eigenvalue weighted by molar-refractivity contribution is -0.138. The number of likely N-dealkylation sites (tertiary alicyclic amines) is 2. The standard InChI is InChI=1S/C26H34N2O2/c1-21-7-6-14-28(18-21)26(29)24-12-15-27(16-13-24)19-23-10-5-11-25(17-23)30-20-22-8-3-2-4-9-22/h2-5,8-11,17,21,24H,6-7,12-16,18-20H2,1H3/t21-/m0/s1. The van der Waals surface area contributed by atoms with Crippen molar-refractivity contribution in [3.8, 4) is 5.75 Å². The summed E-state index contributed by atoms with van der Waals surface area (Å²) in [5.74, 6) is 2.18. The summed E-state index contributed by atoms with van der Waals surface area (Å²) in [6, 6.07) is 18.7. The number of hydrogen-bond acceptors (Lipinski definition) is 3. The van der Waals surface area contributed by atoms with Gasteiger partial charge in [-0.05, 0) is 68.0 Å². The van der Waals surface area contributed by atoms with Gasteiger partial charge in [0.05, 0.1) is 0 Å². The molecule has 0 N–H and O–H groups in total. The minimum absolute atomic E-state index is 0.215. The quantitative estimate of drug-likeness (QED) is 0.695. The Labute approximate surface area is 180 Å². The molecule has 0 unspecified atom stereocenters. The molecule has 4 nitrogen and oxygen atoms in total. The Kier molecular flexibility index (Phi) is 7.06. The zero-order valence-corrected chi connectivity index (χ0v) is 18.1. The van der Waals surface area contributed by atoms with Gasteiger partial charge in [0, 0.05) is 25.6 Å². The molecule has 4 rings (SSSR count). The fraction of sp³-hybridized carbons (Fsp3) is 0.500. The first-order chi connectivity index (χ1) is 14.7. The first kappa shape index (κ1) is 20.9. The van der Waals surface area contributed by atoms with Gasteiger partial charge in [0.2, 0.25) is 5.91 Å². The number of rotatable bonds is 6. The molecular weight excluding hydrogens is 372 g/mol. The zero-order valence-electron chi connectivity index (χ0n) is 18.1. The number of amides is 1. The molecule has 0 aliphatic carbocycles. The van der Waals surface area contributed by atoms with E-state index in [-0.39, 0.29) is 5.92 Å². The average Bonchev–Trinajstić information content (AvgIpc) is 2.79. The average molecular weight is 407 g/mol. The van der Waals surface area contributed by atoms with Crippen molar-refractivity contribution in [1.82, 2.24) is 9.80 Å². The second kappa shape index (κ2) is 10.1. The Morgan fingerprint density at radius 2 is 1.73 bits per heavy atom. The summed E-state index contributed by atoms with van der Waals surface area (Å²) in [4.78, 5) is 17.5. The summed E-state index contributed by atoms with van der Waals surface area (Å²) in [6.45, 7) is 7.68. The van der Waals surface area contributed by atoms with Crippen LogP contribution in [0.4, 0.5) is 0 Å². The maximum atomic E-state index is 12.9. The van der Waals surface area contributed by atoms with Gasteiger partial charge in [-0.15, -0.1) is 0 Å². The topological polar surface area (TPSA) is 32.8 Å². The molecule has 30 heavy (non-hydrogen) atoms. The highest BCUT2D eigenvalue weighted by atomic mass is 16.5. The molecule has 0 spiro atoms. The van der Waals surface area contributed by atoms with Gasteiger partial charge in [0.1, 0.15) is 12.4 Å². The third kappa shape index (κ3) is 5.63. The van der Waals surface area contributed by atoms with E-state index < -0.39 is 0 Å². The van der Waals surface area contributed by atoms with Crippen molar-refractivity contribution < 1.29 is 9.53 Å². The summed E-state index contributed by atoms with van der Waals surface area (Å²) in [7, 11) is 0. The molecule has 4 heteroatoms. The first-order valence-corrected chi connectivity index (χ1v) is 11.4.